The average Bonchev–Trinajstić information content (AvgIpc) is 3.42. The van der Waals surface area contributed by atoms with Gasteiger partial charge in [-0.25, -0.2) is 9.79 Å². The topological polar surface area (TPSA) is 97.7 Å². The van der Waals surface area contributed by atoms with Crippen LogP contribution < -0.4 is 4.74 Å². The van der Waals surface area contributed by atoms with Crippen molar-refractivity contribution in [3.05, 3.63) is 82.4 Å². The van der Waals surface area contributed by atoms with E-state index in [9.17, 15) is 14.4 Å². The molecule has 3 aliphatic rings. The highest BCUT2D eigenvalue weighted by atomic mass is 32.2. The Morgan fingerprint density at radius 1 is 1.00 bits per heavy atom. The molecule has 0 N–H and O–H groups in total. The zero-order valence-electron chi connectivity index (χ0n) is 24.1. The minimum Gasteiger partial charge on any atom is -0.496 e. The van der Waals surface area contributed by atoms with E-state index in [0.717, 1.165) is 17.5 Å². The van der Waals surface area contributed by atoms with Gasteiger partial charge in [-0.2, -0.15) is 0 Å². The Labute approximate surface area is 250 Å². The standard InChI is InChI=1S/C32H35N3O6S/c1-4-40-30(37)22-14-11-17-34(19-22)26(36)18-23-20-42-32-33-28(21-12-7-6-8-13-21)27(31(38)41-5-2)29(35(23)32)24-15-9-10-16-25(24)39-3/h6-10,12-13,15-16,20,22,29H,4-5,11,14,17-19H2,1-3H3. The SMILES string of the molecule is CCOC(=O)C1=C(c2ccccc2)N=C2SC=C(CC(=O)N3CCCC(C(=O)OCC)C3)N2C1c1ccccc1OC. The number of thioether (sulfide) groups is 1. The van der Waals surface area contributed by atoms with Crippen LogP contribution in [-0.4, -0.2) is 66.2 Å². The van der Waals surface area contributed by atoms with Crippen LogP contribution in [0.1, 0.15) is 50.3 Å². The number of nitrogens with zero attached hydrogens (tertiary/aromatic N) is 3. The van der Waals surface area contributed by atoms with Gasteiger partial charge in [0.05, 0.1) is 50.0 Å². The number of fused-ring (bicyclic) bond motifs is 1. The van der Waals surface area contributed by atoms with Gasteiger partial charge in [0.15, 0.2) is 5.17 Å². The molecule has 9 nitrogen and oxygen atoms in total. The lowest BCUT2D eigenvalue weighted by atomic mass is 9.90. The normalized spacial score (nSPS) is 20.0. The Morgan fingerprint density at radius 2 is 1.74 bits per heavy atom. The summed E-state index contributed by atoms with van der Waals surface area (Å²) in [6.45, 7) is 4.99. The second-order valence-corrected chi connectivity index (χ2v) is 10.9. The zero-order chi connectivity index (χ0) is 29.6. The fourth-order valence-electron chi connectivity index (χ4n) is 5.60. The van der Waals surface area contributed by atoms with Crippen molar-refractivity contribution in [1.29, 1.82) is 0 Å². The number of aliphatic imine (C=N–C) groups is 1. The van der Waals surface area contributed by atoms with Gasteiger partial charge in [0.2, 0.25) is 5.91 Å². The molecular weight excluding hydrogens is 554 g/mol. The number of rotatable bonds is 9. The average molecular weight is 590 g/mol. The molecule has 0 radical (unpaired) electrons. The van der Waals surface area contributed by atoms with E-state index in [2.05, 4.69) is 0 Å². The lowest BCUT2D eigenvalue weighted by Crippen LogP contribution is -2.44. The second-order valence-electron chi connectivity index (χ2n) is 10.1. The molecule has 2 aromatic carbocycles. The van der Waals surface area contributed by atoms with E-state index in [1.807, 2.05) is 64.9 Å². The van der Waals surface area contributed by atoms with Gasteiger partial charge < -0.3 is 24.0 Å². The Kier molecular flexibility index (Phi) is 9.31. The monoisotopic (exact) mass is 589 g/mol. The molecule has 1 amide bonds. The summed E-state index contributed by atoms with van der Waals surface area (Å²) in [6, 6.07) is 16.5. The highest BCUT2D eigenvalue weighted by Crippen LogP contribution is 2.49. The van der Waals surface area contributed by atoms with Gasteiger partial charge in [0, 0.05) is 29.9 Å². The van der Waals surface area contributed by atoms with E-state index in [4.69, 9.17) is 19.2 Å². The number of esters is 2. The third-order valence-electron chi connectivity index (χ3n) is 7.51. The molecule has 1 fully saturated rings. The summed E-state index contributed by atoms with van der Waals surface area (Å²) in [5.74, 6) is -0.550. The second kappa shape index (κ2) is 13.3. The summed E-state index contributed by atoms with van der Waals surface area (Å²) in [4.78, 5) is 48.4. The van der Waals surface area contributed by atoms with Gasteiger partial charge in [-0.05, 0) is 38.2 Å². The van der Waals surface area contributed by atoms with E-state index in [1.54, 1.807) is 25.9 Å². The largest absolute Gasteiger partial charge is 0.496 e. The highest BCUT2D eigenvalue weighted by Gasteiger charge is 2.44. The van der Waals surface area contributed by atoms with Crippen LogP contribution in [0.2, 0.25) is 0 Å². The third kappa shape index (κ3) is 5.94. The number of amides is 1. The van der Waals surface area contributed by atoms with E-state index in [0.29, 0.717) is 54.0 Å². The molecule has 0 saturated carbocycles. The molecule has 1 saturated heterocycles. The summed E-state index contributed by atoms with van der Waals surface area (Å²) < 4.78 is 16.6. The van der Waals surface area contributed by atoms with Gasteiger partial charge in [-0.15, -0.1) is 0 Å². The molecule has 0 aromatic heterocycles. The first-order valence-corrected chi connectivity index (χ1v) is 15.1. The lowest BCUT2D eigenvalue weighted by Gasteiger charge is -2.38. The van der Waals surface area contributed by atoms with Crippen molar-refractivity contribution < 1.29 is 28.6 Å². The van der Waals surface area contributed by atoms with Crippen molar-refractivity contribution in [2.24, 2.45) is 10.9 Å². The zero-order valence-corrected chi connectivity index (χ0v) is 24.9. The number of carbonyl (C=O) groups excluding carboxylic acids is 3. The van der Waals surface area contributed by atoms with E-state index < -0.39 is 12.0 Å². The molecule has 0 spiro atoms. The number of methoxy groups -OCH3 is 1. The van der Waals surface area contributed by atoms with Crippen LogP contribution in [0, 0.1) is 5.92 Å². The van der Waals surface area contributed by atoms with Gasteiger partial charge in [0.25, 0.3) is 0 Å². The van der Waals surface area contributed by atoms with E-state index in [-0.39, 0.29) is 30.8 Å². The summed E-state index contributed by atoms with van der Waals surface area (Å²) in [7, 11) is 1.60. The quantitative estimate of drug-likeness (QED) is 0.370. The molecule has 0 aliphatic carbocycles. The fourth-order valence-corrected chi connectivity index (χ4v) is 6.52. The predicted molar refractivity (Wildman–Crippen MR) is 161 cm³/mol. The van der Waals surface area contributed by atoms with Crippen LogP contribution in [0.4, 0.5) is 0 Å². The molecule has 5 rings (SSSR count). The molecule has 2 aromatic rings. The number of amidine groups is 1. The molecule has 42 heavy (non-hydrogen) atoms. The number of para-hydroxylation sites is 1. The number of benzene rings is 2. The first-order valence-electron chi connectivity index (χ1n) is 14.2. The van der Waals surface area contributed by atoms with Crippen molar-refractivity contribution in [2.45, 2.75) is 39.2 Å². The molecule has 2 unspecified atom stereocenters. The van der Waals surface area contributed by atoms with Crippen LogP contribution >= 0.6 is 11.8 Å². The maximum Gasteiger partial charge on any atom is 0.338 e. The highest BCUT2D eigenvalue weighted by molar-refractivity contribution is 8.16. The Morgan fingerprint density at radius 3 is 2.48 bits per heavy atom. The maximum atomic E-state index is 13.7. The van der Waals surface area contributed by atoms with Crippen LogP contribution in [0.15, 0.2) is 76.3 Å². The van der Waals surface area contributed by atoms with Crippen LogP contribution in [0.3, 0.4) is 0 Å². The minimum atomic E-state index is -0.648. The summed E-state index contributed by atoms with van der Waals surface area (Å²) in [5, 5.41) is 2.58. The van der Waals surface area contributed by atoms with Gasteiger partial charge in [-0.3, -0.25) is 9.59 Å². The summed E-state index contributed by atoms with van der Waals surface area (Å²) >= 11 is 1.41. The van der Waals surface area contributed by atoms with Crippen molar-refractivity contribution >= 4 is 40.5 Å². The number of hydrogen-bond donors (Lipinski definition) is 0. The summed E-state index contributed by atoms with van der Waals surface area (Å²) in [5.41, 5.74) is 3.16. The molecule has 3 heterocycles. The van der Waals surface area contributed by atoms with Crippen molar-refractivity contribution in [3.8, 4) is 5.75 Å². The third-order valence-corrected chi connectivity index (χ3v) is 8.40. The van der Waals surface area contributed by atoms with Gasteiger partial charge >= 0.3 is 11.9 Å². The number of carbonyl (C=O) groups is 3. The van der Waals surface area contributed by atoms with Gasteiger partial charge in [-0.1, -0.05) is 60.3 Å². The predicted octanol–water partition coefficient (Wildman–Crippen LogP) is 5.16. The Bertz CT molecular complexity index is 1440. The number of likely N-dealkylation sites (tertiary alicyclic amines) is 1. The molecule has 220 valence electrons. The van der Waals surface area contributed by atoms with Crippen molar-refractivity contribution in [3.63, 3.8) is 0 Å². The molecular formula is C32H35N3O6S. The fraction of sp³-hybridized carbons (Fsp3) is 0.375. The number of ether oxygens (including phenoxy) is 3. The van der Waals surface area contributed by atoms with E-state index >= 15 is 0 Å². The van der Waals surface area contributed by atoms with Gasteiger partial charge in [0.1, 0.15) is 5.75 Å². The molecule has 0 bridgehead atoms. The van der Waals surface area contributed by atoms with Crippen molar-refractivity contribution in [1.82, 2.24) is 9.80 Å². The maximum absolute atomic E-state index is 13.7. The Balaban J connectivity index is 1.53. The Hall–Kier alpha value is -4.05. The van der Waals surface area contributed by atoms with E-state index in [1.165, 1.54) is 11.8 Å². The van der Waals surface area contributed by atoms with Crippen LogP contribution in [-0.2, 0) is 23.9 Å². The number of piperidine rings is 1. The number of hydrogen-bond acceptors (Lipinski definition) is 9. The van der Waals surface area contributed by atoms with Crippen LogP contribution in [0.5, 0.6) is 5.75 Å². The first kappa shape index (κ1) is 29.4. The molecule has 3 aliphatic heterocycles. The summed E-state index contributed by atoms with van der Waals surface area (Å²) in [6.07, 6.45) is 1.53. The first-order chi connectivity index (χ1) is 20.5. The lowest BCUT2D eigenvalue weighted by molar-refractivity contribution is -0.151. The minimum absolute atomic E-state index is 0.0873. The smallest absolute Gasteiger partial charge is 0.338 e. The van der Waals surface area contributed by atoms with Crippen molar-refractivity contribution in [2.75, 3.05) is 33.4 Å². The molecule has 2 atom stereocenters. The van der Waals surface area contributed by atoms with Crippen LogP contribution in [0.25, 0.3) is 5.70 Å². The molecule has 10 heteroatoms.